The van der Waals surface area contributed by atoms with Gasteiger partial charge < -0.3 is 5.73 Å². The van der Waals surface area contributed by atoms with Gasteiger partial charge in [-0.15, -0.1) is 0 Å². The van der Waals surface area contributed by atoms with Crippen molar-refractivity contribution in [3.8, 4) is 11.8 Å². The molecule has 1 saturated carbocycles. The van der Waals surface area contributed by atoms with Crippen LogP contribution in [0.2, 0.25) is 10.0 Å². The molecule has 7 nitrogen and oxygen atoms in total. The normalized spacial score (nSPS) is 15.0. The number of anilines is 2. The van der Waals surface area contributed by atoms with Crippen molar-refractivity contribution < 1.29 is 34.8 Å². The molecule has 1 heterocycles. The molecule has 0 saturated heterocycles. The van der Waals surface area contributed by atoms with Crippen LogP contribution < -0.4 is 10.0 Å². The predicted molar refractivity (Wildman–Crippen MR) is 103 cm³/mol. The number of hydrogen-bond acceptors (Lipinski definition) is 5. The van der Waals surface area contributed by atoms with E-state index in [0.29, 0.717) is 29.7 Å². The van der Waals surface area contributed by atoms with Crippen LogP contribution in [0.15, 0.2) is 12.1 Å². The molecule has 2 aromatic rings. The second-order valence-electron chi connectivity index (χ2n) is 6.82. The Kier molecular flexibility index (Phi) is 5.99. The van der Waals surface area contributed by atoms with E-state index in [1.165, 1.54) is 6.07 Å². The number of nitrogens with two attached hydrogens (primary N) is 1. The Balaban J connectivity index is 2.24. The lowest BCUT2D eigenvalue weighted by Gasteiger charge is -2.25. The third-order valence-corrected chi connectivity index (χ3v) is 6.58. The monoisotopic (exact) mass is 521 g/mol. The van der Waals surface area contributed by atoms with E-state index in [1.807, 2.05) is 0 Å². The molecule has 0 radical (unpaired) electrons. The van der Waals surface area contributed by atoms with Crippen LogP contribution in [0.1, 0.15) is 24.1 Å². The number of nitriles is 1. The number of rotatable bonds is 5. The summed E-state index contributed by atoms with van der Waals surface area (Å²) in [5, 5.41) is 11.8. The molecule has 174 valence electrons. The van der Waals surface area contributed by atoms with E-state index in [1.54, 1.807) is 0 Å². The Bertz CT molecular complexity index is 1190. The first-order valence-corrected chi connectivity index (χ1v) is 10.7. The number of nitrogen functional groups attached to an aromatic ring is 1. The zero-order valence-corrected chi connectivity index (χ0v) is 17.8. The average Bonchev–Trinajstić information content (AvgIpc) is 3.41. The van der Waals surface area contributed by atoms with Crippen molar-refractivity contribution in [2.75, 3.05) is 16.6 Å². The van der Waals surface area contributed by atoms with E-state index >= 15 is 0 Å². The summed E-state index contributed by atoms with van der Waals surface area (Å²) in [5.41, 5.74) is -3.26. The lowest BCUT2D eigenvalue weighted by atomic mass is 10.2. The van der Waals surface area contributed by atoms with Crippen molar-refractivity contribution in [1.82, 2.24) is 9.78 Å². The summed E-state index contributed by atoms with van der Waals surface area (Å²) in [6.45, 7) is -0.624. The van der Waals surface area contributed by atoms with Crippen molar-refractivity contribution in [2.24, 2.45) is 5.92 Å². The average molecular weight is 522 g/mol. The Morgan fingerprint density at radius 3 is 2.12 bits per heavy atom. The van der Waals surface area contributed by atoms with Crippen molar-refractivity contribution in [3.63, 3.8) is 0 Å². The first-order valence-electron chi connectivity index (χ1n) is 8.53. The van der Waals surface area contributed by atoms with E-state index < -0.39 is 72.7 Å². The molecule has 1 aliphatic rings. The Hall–Kier alpha value is -2.37. The van der Waals surface area contributed by atoms with E-state index in [2.05, 4.69) is 5.10 Å². The third kappa shape index (κ3) is 4.28. The fraction of sp³-hybridized carbons (Fsp3) is 0.375. The second-order valence-corrected chi connectivity index (χ2v) is 9.49. The maximum absolute atomic E-state index is 13.3. The molecule has 0 amide bonds. The molecule has 2 N–H and O–H groups in total. The number of nitrogens with zero attached hydrogens (tertiary/aromatic N) is 4. The Morgan fingerprint density at radius 2 is 1.72 bits per heavy atom. The topological polar surface area (TPSA) is 105 Å². The van der Waals surface area contributed by atoms with Crippen LogP contribution in [0.4, 0.5) is 37.8 Å². The lowest BCUT2D eigenvalue weighted by molar-refractivity contribution is -0.137. The van der Waals surface area contributed by atoms with Gasteiger partial charge in [-0.3, -0.25) is 4.31 Å². The van der Waals surface area contributed by atoms with Crippen molar-refractivity contribution in [2.45, 2.75) is 24.5 Å². The SMILES string of the molecule is N#Cc1nn(-c2c(Cl)cc(C(F)(F)F)cc2Cl)c(N)c1N(CC1CC1)S(=O)(=O)C(F)(F)F. The molecular weight excluding hydrogens is 511 g/mol. The largest absolute Gasteiger partial charge is 0.516 e. The van der Waals surface area contributed by atoms with Crippen molar-refractivity contribution >= 4 is 44.7 Å². The first-order chi connectivity index (χ1) is 14.6. The molecule has 0 unspecified atom stereocenters. The van der Waals surface area contributed by atoms with Crippen LogP contribution in [0.3, 0.4) is 0 Å². The van der Waals surface area contributed by atoms with E-state index in [4.69, 9.17) is 28.9 Å². The first kappa shape index (κ1) is 24.3. The van der Waals surface area contributed by atoms with E-state index in [9.17, 15) is 40.0 Å². The van der Waals surface area contributed by atoms with E-state index in [-0.39, 0.29) is 4.31 Å². The standard InChI is InChI=1S/C16H11Cl2F6N5O2S/c17-9-3-8(15(19,20)21)4-10(18)12(9)29-14(26)13(11(5-25)27-29)28(6-7-1-2-7)32(30,31)16(22,23)24/h3-4,7H,1-2,6,26H2. The van der Waals surface area contributed by atoms with Gasteiger partial charge in [0.05, 0.1) is 15.6 Å². The van der Waals surface area contributed by atoms with Crippen LogP contribution in [-0.2, 0) is 16.2 Å². The minimum absolute atomic E-state index is 0.0616. The quantitative estimate of drug-likeness (QED) is 0.573. The van der Waals surface area contributed by atoms with Gasteiger partial charge in [0.25, 0.3) is 0 Å². The second kappa shape index (κ2) is 7.89. The number of alkyl halides is 6. The van der Waals surface area contributed by atoms with Crippen LogP contribution in [-0.4, -0.2) is 30.3 Å². The Morgan fingerprint density at radius 1 is 1.19 bits per heavy atom. The molecule has 1 aliphatic carbocycles. The third-order valence-electron chi connectivity index (χ3n) is 4.51. The van der Waals surface area contributed by atoms with E-state index in [0.717, 1.165) is 0 Å². The van der Waals surface area contributed by atoms with Gasteiger partial charge in [-0.1, -0.05) is 23.2 Å². The van der Waals surface area contributed by atoms with Crippen LogP contribution in [0, 0.1) is 17.2 Å². The molecule has 0 atom stereocenters. The highest BCUT2D eigenvalue weighted by Crippen LogP contribution is 2.43. The molecule has 0 bridgehead atoms. The van der Waals surface area contributed by atoms with Gasteiger partial charge >= 0.3 is 21.7 Å². The fourth-order valence-electron chi connectivity index (χ4n) is 2.82. The zero-order chi connectivity index (χ0) is 24.2. The molecule has 0 aliphatic heterocycles. The fourth-order valence-corrected chi connectivity index (χ4v) is 4.54. The number of sulfonamides is 1. The van der Waals surface area contributed by atoms with Crippen LogP contribution in [0.25, 0.3) is 5.69 Å². The molecule has 32 heavy (non-hydrogen) atoms. The summed E-state index contributed by atoms with van der Waals surface area (Å²) in [7, 11) is -5.98. The van der Waals surface area contributed by atoms with Gasteiger partial charge in [0.1, 0.15) is 17.4 Å². The highest BCUT2D eigenvalue weighted by atomic mass is 35.5. The minimum Gasteiger partial charge on any atom is -0.382 e. The number of hydrogen-bond donors (Lipinski definition) is 1. The van der Waals surface area contributed by atoms with Gasteiger partial charge in [0, 0.05) is 6.54 Å². The number of benzene rings is 1. The maximum atomic E-state index is 13.3. The lowest BCUT2D eigenvalue weighted by Crippen LogP contribution is -2.42. The van der Waals surface area contributed by atoms with Gasteiger partial charge in [0.2, 0.25) is 0 Å². The van der Waals surface area contributed by atoms with Gasteiger partial charge in [-0.25, -0.2) is 4.68 Å². The number of aromatic nitrogens is 2. The smallest absolute Gasteiger partial charge is 0.382 e. The molecule has 16 heteroatoms. The highest BCUT2D eigenvalue weighted by Gasteiger charge is 2.52. The van der Waals surface area contributed by atoms with Gasteiger partial charge in [-0.2, -0.15) is 45.1 Å². The highest BCUT2D eigenvalue weighted by molar-refractivity contribution is 7.93. The van der Waals surface area contributed by atoms with Crippen molar-refractivity contribution in [3.05, 3.63) is 33.4 Å². The Labute approximate surface area is 186 Å². The van der Waals surface area contributed by atoms with Crippen LogP contribution >= 0.6 is 23.2 Å². The summed E-state index contributed by atoms with van der Waals surface area (Å²) in [5.74, 6) is -1.18. The van der Waals surface area contributed by atoms with Crippen molar-refractivity contribution in [1.29, 1.82) is 5.26 Å². The van der Waals surface area contributed by atoms with Gasteiger partial charge in [0.15, 0.2) is 11.5 Å². The summed E-state index contributed by atoms with van der Waals surface area (Å²) < 4.78 is 104. The molecule has 1 aromatic heterocycles. The van der Waals surface area contributed by atoms with Crippen LogP contribution in [0.5, 0.6) is 0 Å². The van der Waals surface area contributed by atoms with Gasteiger partial charge in [-0.05, 0) is 30.9 Å². The number of halogens is 8. The summed E-state index contributed by atoms with van der Waals surface area (Å²) in [4.78, 5) is 0. The summed E-state index contributed by atoms with van der Waals surface area (Å²) >= 11 is 11.8. The molecule has 1 aromatic carbocycles. The predicted octanol–water partition coefficient (Wildman–Crippen LogP) is 4.72. The molecular formula is C16H11Cl2F6N5O2S. The summed E-state index contributed by atoms with van der Waals surface area (Å²) in [6, 6.07) is 2.40. The molecule has 1 fully saturated rings. The molecule has 0 spiro atoms. The molecule has 3 rings (SSSR count). The zero-order valence-electron chi connectivity index (χ0n) is 15.5. The summed E-state index contributed by atoms with van der Waals surface area (Å²) in [6.07, 6.45) is -3.90. The minimum atomic E-state index is -5.98. The maximum Gasteiger partial charge on any atom is 0.516 e.